The van der Waals surface area contributed by atoms with Crippen LogP contribution in [0.2, 0.25) is 0 Å². The average molecular weight is 254 g/mol. The number of aryl methyl sites for hydroxylation is 2. The summed E-state index contributed by atoms with van der Waals surface area (Å²) in [5.41, 5.74) is 4.51. The van der Waals surface area contributed by atoms with Crippen LogP contribution in [0, 0.1) is 12.8 Å². The molecule has 0 saturated heterocycles. The molecule has 2 heterocycles. The largest absolute Gasteiger partial charge is 0.255 e. The van der Waals surface area contributed by atoms with Crippen molar-refractivity contribution in [2.75, 3.05) is 0 Å². The summed E-state index contributed by atoms with van der Waals surface area (Å²) in [6.45, 7) is 6.64. The van der Waals surface area contributed by atoms with Gasteiger partial charge in [-0.2, -0.15) is 0 Å². The number of hydrogen-bond donors (Lipinski definition) is 0. The molecular weight excluding hydrogens is 232 g/mol. The standard InChI is InChI=1S/C17H22N2/c1-4-13(2)5-6-15-8-10-19-17(12-15)16-11-14(3)7-9-18-16/h7-13H,4-6H2,1-3H3. The van der Waals surface area contributed by atoms with Crippen LogP contribution in [0.5, 0.6) is 0 Å². The molecule has 2 aromatic heterocycles. The Bertz CT molecular complexity index is 534. The Morgan fingerprint density at radius 2 is 1.74 bits per heavy atom. The van der Waals surface area contributed by atoms with E-state index in [0.29, 0.717) is 0 Å². The van der Waals surface area contributed by atoms with Crippen LogP contribution in [0.1, 0.15) is 37.8 Å². The first kappa shape index (κ1) is 13.7. The van der Waals surface area contributed by atoms with Crippen molar-refractivity contribution in [3.8, 4) is 11.4 Å². The predicted octanol–water partition coefficient (Wildman–Crippen LogP) is 4.43. The van der Waals surface area contributed by atoms with Crippen molar-refractivity contribution in [2.24, 2.45) is 5.92 Å². The van der Waals surface area contributed by atoms with Crippen molar-refractivity contribution in [1.82, 2.24) is 9.97 Å². The van der Waals surface area contributed by atoms with Gasteiger partial charge in [0.05, 0.1) is 11.4 Å². The van der Waals surface area contributed by atoms with Crippen molar-refractivity contribution in [3.05, 3.63) is 47.8 Å². The minimum Gasteiger partial charge on any atom is -0.255 e. The second-order valence-corrected chi connectivity index (χ2v) is 5.32. The lowest BCUT2D eigenvalue weighted by Gasteiger charge is -2.09. The van der Waals surface area contributed by atoms with Gasteiger partial charge in [0, 0.05) is 12.4 Å². The highest BCUT2D eigenvalue weighted by molar-refractivity contribution is 5.55. The van der Waals surface area contributed by atoms with E-state index in [1.54, 1.807) is 0 Å². The number of hydrogen-bond acceptors (Lipinski definition) is 2. The second-order valence-electron chi connectivity index (χ2n) is 5.32. The molecule has 19 heavy (non-hydrogen) atoms. The maximum atomic E-state index is 4.44. The van der Waals surface area contributed by atoms with Crippen molar-refractivity contribution >= 4 is 0 Å². The Morgan fingerprint density at radius 1 is 1.05 bits per heavy atom. The third-order valence-corrected chi connectivity index (χ3v) is 3.62. The molecule has 2 rings (SSSR count). The van der Waals surface area contributed by atoms with E-state index in [-0.39, 0.29) is 0 Å². The van der Waals surface area contributed by atoms with E-state index in [4.69, 9.17) is 0 Å². The van der Waals surface area contributed by atoms with Crippen LogP contribution in [0.3, 0.4) is 0 Å². The van der Waals surface area contributed by atoms with Gasteiger partial charge in [-0.1, -0.05) is 20.3 Å². The normalized spacial score (nSPS) is 12.4. The van der Waals surface area contributed by atoms with Crippen LogP contribution in [0.15, 0.2) is 36.7 Å². The second kappa shape index (κ2) is 6.46. The Labute approximate surface area is 115 Å². The van der Waals surface area contributed by atoms with Crippen LogP contribution in [-0.4, -0.2) is 9.97 Å². The molecule has 0 aliphatic heterocycles. The highest BCUT2D eigenvalue weighted by atomic mass is 14.8. The molecule has 0 bridgehead atoms. The molecule has 1 unspecified atom stereocenters. The van der Waals surface area contributed by atoms with Gasteiger partial charge in [0.15, 0.2) is 0 Å². The average Bonchev–Trinajstić information content (AvgIpc) is 2.45. The van der Waals surface area contributed by atoms with E-state index in [9.17, 15) is 0 Å². The zero-order chi connectivity index (χ0) is 13.7. The van der Waals surface area contributed by atoms with Gasteiger partial charge in [0.1, 0.15) is 0 Å². The summed E-state index contributed by atoms with van der Waals surface area (Å²) in [6.07, 6.45) is 7.35. The molecule has 0 amide bonds. The minimum absolute atomic E-state index is 0.786. The molecule has 0 radical (unpaired) electrons. The van der Waals surface area contributed by atoms with Crippen LogP contribution in [-0.2, 0) is 6.42 Å². The van der Waals surface area contributed by atoms with E-state index in [0.717, 1.165) is 23.7 Å². The minimum atomic E-state index is 0.786. The molecule has 1 atom stereocenters. The topological polar surface area (TPSA) is 25.8 Å². The van der Waals surface area contributed by atoms with Gasteiger partial charge in [0.25, 0.3) is 0 Å². The Hall–Kier alpha value is -1.70. The molecule has 0 aromatic carbocycles. The lowest BCUT2D eigenvalue weighted by atomic mass is 9.99. The first-order chi connectivity index (χ1) is 9.19. The summed E-state index contributed by atoms with van der Waals surface area (Å²) in [5.74, 6) is 0.786. The molecule has 0 fully saturated rings. The first-order valence-electron chi connectivity index (χ1n) is 7.07. The Kier molecular flexibility index (Phi) is 4.67. The van der Waals surface area contributed by atoms with Crippen LogP contribution in [0.25, 0.3) is 11.4 Å². The molecule has 2 nitrogen and oxygen atoms in total. The van der Waals surface area contributed by atoms with E-state index >= 15 is 0 Å². The van der Waals surface area contributed by atoms with Gasteiger partial charge in [-0.25, -0.2) is 0 Å². The van der Waals surface area contributed by atoms with Crippen molar-refractivity contribution < 1.29 is 0 Å². The van der Waals surface area contributed by atoms with Crippen molar-refractivity contribution in [3.63, 3.8) is 0 Å². The van der Waals surface area contributed by atoms with E-state index in [1.165, 1.54) is 24.0 Å². The van der Waals surface area contributed by atoms with Crippen molar-refractivity contribution in [1.29, 1.82) is 0 Å². The summed E-state index contributed by atoms with van der Waals surface area (Å²) < 4.78 is 0. The SMILES string of the molecule is CCC(C)CCc1ccnc(-c2cc(C)ccn2)c1. The van der Waals surface area contributed by atoms with E-state index in [2.05, 4.69) is 48.9 Å². The molecule has 0 spiro atoms. The lowest BCUT2D eigenvalue weighted by Crippen LogP contribution is -1.97. The van der Waals surface area contributed by atoms with E-state index < -0.39 is 0 Å². The third kappa shape index (κ3) is 3.88. The summed E-state index contributed by atoms with van der Waals surface area (Å²) in [5, 5.41) is 0. The number of rotatable bonds is 5. The summed E-state index contributed by atoms with van der Waals surface area (Å²) in [4.78, 5) is 8.84. The fourth-order valence-electron chi connectivity index (χ4n) is 2.06. The van der Waals surface area contributed by atoms with Crippen LogP contribution in [0.4, 0.5) is 0 Å². The zero-order valence-electron chi connectivity index (χ0n) is 12.1. The van der Waals surface area contributed by atoms with Crippen LogP contribution >= 0.6 is 0 Å². The summed E-state index contributed by atoms with van der Waals surface area (Å²) in [7, 11) is 0. The fourth-order valence-corrected chi connectivity index (χ4v) is 2.06. The molecule has 0 N–H and O–H groups in total. The molecule has 2 heteroatoms. The van der Waals surface area contributed by atoms with Crippen molar-refractivity contribution in [2.45, 2.75) is 40.0 Å². The molecule has 0 aliphatic carbocycles. The van der Waals surface area contributed by atoms with E-state index in [1.807, 2.05) is 18.5 Å². The molecule has 0 saturated carbocycles. The van der Waals surface area contributed by atoms with Crippen LogP contribution < -0.4 is 0 Å². The fraction of sp³-hybridized carbons (Fsp3) is 0.412. The van der Waals surface area contributed by atoms with Gasteiger partial charge >= 0.3 is 0 Å². The number of pyridine rings is 2. The smallest absolute Gasteiger partial charge is 0.0888 e. The molecule has 0 aliphatic rings. The Morgan fingerprint density at radius 3 is 2.42 bits per heavy atom. The summed E-state index contributed by atoms with van der Waals surface area (Å²) in [6, 6.07) is 8.38. The highest BCUT2D eigenvalue weighted by Crippen LogP contribution is 2.18. The van der Waals surface area contributed by atoms with Gasteiger partial charge in [0.2, 0.25) is 0 Å². The van der Waals surface area contributed by atoms with Gasteiger partial charge < -0.3 is 0 Å². The predicted molar refractivity (Wildman–Crippen MR) is 80.0 cm³/mol. The first-order valence-corrected chi connectivity index (χ1v) is 7.07. The number of aromatic nitrogens is 2. The molecule has 2 aromatic rings. The highest BCUT2D eigenvalue weighted by Gasteiger charge is 2.04. The number of nitrogens with zero attached hydrogens (tertiary/aromatic N) is 2. The Balaban J connectivity index is 2.15. The van der Waals surface area contributed by atoms with Gasteiger partial charge in [-0.3, -0.25) is 9.97 Å². The van der Waals surface area contributed by atoms with Gasteiger partial charge in [-0.15, -0.1) is 0 Å². The lowest BCUT2D eigenvalue weighted by molar-refractivity contribution is 0.516. The third-order valence-electron chi connectivity index (χ3n) is 3.62. The monoisotopic (exact) mass is 254 g/mol. The maximum absolute atomic E-state index is 4.44. The quantitative estimate of drug-likeness (QED) is 0.788. The molecular formula is C17H22N2. The molecule has 100 valence electrons. The maximum Gasteiger partial charge on any atom is 0.0888 e. The van der Waals surface area contributed by atoms with Gasteiger partial charge in [-0.05, 0) is 61.1 Å². The summed E-state index contributed by atoms with van der Waals surface area (Å²) >= 11 is 0. The zero-order valence-corrected chi connectivity index (χ0v) is 12.1.